The van der Waals surface area contributed by atoms with Gasteiger partial charge in [0.25, 0.3) is 5.91 Å². The number of amides is 1. The highest BCUT2D eigenvalue weighted by Crippen LogP contribution is 2.34. The van der Waals surface area contributed by atoms with Gasteiger partial charge in [-0.3, -0.25) is 9.59 Å². The van der Waals surface area contributed by atoms with Crippen molar-refractivity contribution in [1.82, 2.24) is 9.88 Å². The Morgan fingerprint density at radius 3 is 2.73 bits per heavy atom. The van der Waals surface area contributed by atoms with Crippen LogP contribution in [-0.4, -0.2) is 63.6 Å². The van der Waals surface area contributed by atoms with Gasteiger partial charge in [-0.15, -0.1) is 22.7 Å². The van der Waals surface area contributed by atoms with E-state index >= 15 is 0 Å². The zero-order chi connectivity index (χ0) is 26.5. The fourth-order valence-corrected chi connectivity index (χ4v) is 6.34. The third kappa shape index (κ3) is 6.45. The Kier molecular flexibility index (Phi) is 9.09. The second-order valence-corrected chi connectivity index (χ2v) is 11.1. The fraction of sp³-hybridized carbons (Fsp3) is 0.385. The Hall–Kier alpha value is -2.63. The number of halogens is 1. The van der Waals surface area contributed by atoms with Crippen LogP contribution >= 0.6 is 34.3 Å². The standard InChI is InChI=1S/C26H27ClN2O6S2/c1-35-26(34)19-14-37-24(28-19)20-7-4-10-29(20)25(33)23(32)22(31)21(30)9-8-17-12-15(13-36-17)11-16-5-2-3-6-18(16)27/h2-3,5-6,12-14,20,22-23,31-32H,4,7-11H2,1H3/t20-,22+,23-/m1/s1. The van der Waals surface area contributed by atoms with Crippen LogP contribution in [0.25, 0.3) is 0 Å². The van der Waals surface area contributed by atoms with Gasteiger partial charge in [0.1, 0.15) is 11.1 Å². The van der Waals surface area contributed by atoms with Crippen molar-refractivity contribution in [3.63, 3.8) is 0 Å². The molecule has 37 heavy (non-hydrogen) atoms. The number of benzene rings is 1. The first-order valence-corrected chi connectivity index (χ1v) is 13.9. The summed E-state index contributed by atoms with van der Waals surface area (Å²) in [6.45, 7) is 0.359. The minimum atomic E-state index is -1.87. The van der Waals surface area contributed by atoms with Gasteiger partial charge in [0.15, 0.2) is 17.6 Å². The van der Waals surface area contributed by atoms with E-state index in [-0.39, 0.29) is 12.1 Å². The van der Waals surface area contributed by atoms with Gasteiger partial charge in [-0.05, 0) is 54.3 Å². The van der Waals surface area contributed by atoms with Crippen molar-refractivity contribution >= 4 is 51.9 Å². The number of thiophene rings is 1. The van der Waals surface area contributed by atoms with E-state index in [1.54, 1.807) is 5.38 Å². The van der Waals surface area contributed by atoms with Crippen LogP contribution in [0.1, 0.15) is 56.8 Å². The van der Waals surface area contributed by atoms with Gasteiger partial charge in [0.2, 0.25) is 0 Å². The second-order valence-electron chi connectivity index (χ2n) is 8.80. The number of aliphatic hydroxyl groups excluding tert-OH is 2. The molecule has 0 spiro atoms. The van der Waals surface area contributed by atoms with Crippen molar-refractivity contribution in [1.29, 1.82) is 0 Å². The summed E-state index contributed by atoms with van der Waals surface area (Å²) in [5, 5.41) is 25.8. The van der Waals surface area contributed by atoms with E-state index in [2.05, 4.69) is 9.72 Å². The number of aromatic nitrogens is 1. The molecule has 3 aromatic rings. The molecule has 1 aliphatic heterocycles. The average molecular weight is 563 g/mol. The molecule has 1 amide bonds. The van der Waals surface area contributed by atoms with Gasteiger partial charge in [0, 0.05) is 28.2 Å². The lowest BCUT2D eigenvalue weighted by Crippen LogP contribution is -2.47. The van der Waals surface area contributed by atoms with Crippen molar-refractivity contribution < 1.29 is 29.3 Å². The topological polar surface area (TPSA) is 117 Å². The lowest BCUT2D eigenvalue weighted by atomic mass is 10.0. The molecule has 0 aliphatic carbocycles. The van der Waals surface area contributed by atoms with E-state index in [0.29, 0.717) is 42.3 Å². The quantitative estimate of drug-likeness (QED) is 0.361. The molecule has 0 unspecified atom stereocenters. The minimum Gasteiger partial charge on any atom is -0.464 e. The van der Waals surface area contributed by atoms with Gasteiger partial charge < -0.3 is 19.8 Å². The molecule has 0 saturated carbocycles. The first-order valence-electron chi connectivity index (χ1n) is 11.8. The summed E-state index contributed by atoms with van der Waals surface area (Å²) in [6, 6.07) is 9.19. The van der Waals surface area contributed by atoms with Gasteiger partial charge >= 0.3 is 5.97 Å². The van der Waals surface area contributed by atoms with Crippen LogP contribution in [0.15, 0.2) is 41.1 Å². The van der Waals surface area contributed by atoms with Crippen LogP contribution in [0.2, 0.25) is 5.02 Å². The number of aryl methyl sites for hydroxylation is 1. The van der Waals surface area contributed by atoms with Crippen molar-refractivity contribution in [2.24, 2.45) is 0 Å². The van der Waals surface area contributed by atoms with Crippen molar-refractivity contribution in [3.8, 4) is 0 Å². The number of carbonyl (C=O) groups excluding carboxylic acids is 3. The number of aliphatic hydroxyl groups is 2. The van der Waals surface area contributed by atoms with Crippen LogP contribution in [-0.2, 0) is 27.2 Å². The van der Waals surface area contributed by atoms with E-state index in [0.717, 1.165) is 16.0 Å². The van der Waals surface area contributed by atoms with Gasteiger partial charge in [-0.2, -0.15) is 0 Å². The van der Waals surface area contributed by atoms with Crippen LogP contribution < -0.4 is 0 Å². The Morgan fingerprint density at radius 1 is 1.19 bits per heavy atom. The molecule has 1 saturated heterocycles. The van der Waals surface area contributed by atoms with Gasteiger partial charge in [0.05, 0.1) is 13.2 Å². The zero-order valence-corrected chi connectivity index (χ0v) is 22.5. The van der Waals surface area contributed by atoms with Crippen molar-refractivity contribution in [2.45, 2.75) is 50.4 Å². The van der Waals surface area contributed by atoms with Crippen molar-refractivity contribution in [3.05, 3.63) is 72.8 Å². The average Bonchev–Trinajstić information content (AvgIpc) is 3.67. The van der Waals surface area contributed by atoms with E-state index in [9.17, 15) is 24.6 Å². The Labute approximate surface area is 227 Å². The maximum Gasteiger partial charge on any atom is 0.357 e. The number of Topliss-reactive ketones (excluding diaryl/α,β-unsaturated/α-hetero) is 1. The minimum absolute atomic E-state index is 0.00402. The monoisotopic (exact) mass is 562 g/mol. The summed E-state index contributed by atoms with van der Waals surface area (Å²) in [6.07, 6.45) is -1.34. The number of esters is 1. The number of likely N-dealkylation sites (tertiary alicyclic amines) is 1. The normalized spacial score (nSPS) is 17.0. The molecular formula is C26H27ClN2O6S2. The molecule has 11 heteroatoms. The highest BCUT2D eigenvalue weighted by atomic mass is 35.5. The first kappa shape index (κ1) is 27.4. The molecule has 0 bridgehead atoms. The molecule has 2 aromatic heterocycles. The highest BCUT2D eigenvalue weighted by molar-refractivity contribution is 7.10. The number of ether oxygens (including phenoxy) is 1. The second kappa shape index (κ2) is 12.3. The van der Waals surface area contributed by atoms with Crippen LogP contribution in [0.5, 0.6) is 0 Å². The van der Waals surface area contributed by atoms with Gasteiger partial charge in [-0.25, -0.2) is 9.78 Å². The molecule has 3 atom stereocenters. The summed E-state index contributed by atoms with van der Waals surface area (Å²) >= 11 is 8.98. The number of hydrogen-bond donors (Lipinski definition) is 2. The highest BCUT2D eigenvalue weighted by Gasteiger charge is 2.39. The fourth-order valence-electron chi connectivity index (χ4n) is 4.31. The van der Waals surface area contributed by atoms with Crippen LogP contribution in [0.4, 0.5) is 0 Å². The lowest BCUT2D eigenvalue weighted by Gasteiger charge is -2.27. The molecule has 4 rings (SSSR count). The number of hydrogen-bond acceptors (Lipinski definition) is 9. The molecular weight excluding hydrogens is 536 g/mol. The summed E-state index contributed by atoms with van der Waals surface area (Å²) < 4.78 is 4.68. The lowest BCUT2D eigenvalue weighted by molar-refractivity contribution is -0.153. The maximum absolute atomic E-state index is 13.0. The van der Waals surface area contributed by atoms with Gasteiger partial charge in [-0.1, -0.05) is 29.8 Å². The smallest absolute Gasteiger partial charge is 0.357 e. The van der Waals surface area contributed by atoms with E-state index in [1.807, 2.05) is 35.7 Å². The summed E-state index contributed by atoms with van der Waals surface area (Å²) in [5.41, 5.74) is 2.25. The third-order valence-corrected chi connectivity index (χ3v) is 8.66. The number of rotatable bonds is 10. The predicted octanol–water partition coefficient (Wildman–Crippen LogP) is 3.82. The molecule has 1 aliphatic rings. The van der Waals surface area contributed by atoms with Crippen molar-refractivity contribution in [2.75, 3.05) is 13.7 Å². The molecule has 2 N–H and O–H groups in total. The molecule has 1 aromatic carbocycles. The summed E-state index contributed by atoms with van der Waals surface area (Å²) in [5.74, 6) is -1.89. The molecule has 3 heterocycles. The Morgan fingerprint density at radius 2 is 1.97 bits per heavy atom. The third-order valence-electron chi connectivity index (χ3n) is 6.30. The molecule has 196 valence electrons. The number of methoxy groups -OCH3 is 1. The number of nitrogens with zero attached hydrogens (tertiary/aromatic N) is 2. The number of ketones is 1. The number of carbonyl (C=O) groups is 3. The number of thiazole rings is 1. The van der Waals surface area contributed by atoms with Crippen LogP contribution in [0.3, 0.4) is 0 Å². The summed E-state index contributed by atoms with van der Waals surface area (Å²) in [4.78, 5) is 44.0. The Balaban J connectivity index is 1.32. The predicted molar refractivity (Wildman–Crippen MR) is 141 cm³/mol. The zero-order valence-electron chi connectivity index (χ0n) is 20.1. The molecule has 1 fully saturated rings. The maximum atomic E-state index is 13.0. The van der Waals surface area contributed by atoms with E-state index in [4.69, 9.17) is 11.6 Å². The SMILES string of the molecule is COC(=O)c1csc([C@H]2CCCN2C(=O)[C@H](O)[C@@H](O)C(=O)CCc2cc(Cc3ccccc3Cl)cs2)n1. The van der Waals surface area contributed by atoms with E-state index in [1.165, 1.54) is 34.7 Å². The Bertz CT molecular complexity index is 1280. The first-order chi connectivity index (χ1) is 17.8. The summed E-state index contributed by atoms with van der Waals surface area (Å²) in [7, 11) is 1.26. The van der Waals surface area contributed by atoms with Crippen LogP contribution in [0, 0.1) is 0 Å². The largest absolute Gasteiger partial charge is 0.464 e. The molecule has 8 nitrogen and oxygen atoms in total. The molecule has 0 radical (unpaired) electrons. The van der Waals surface area contributed by atoms with E-state index < -0.39 is 35.9 Å².